The second-order valence-corrected chi connectivity index (χ2v) is 3.47. The first-order valence-corrected chi connectivity index (χ1v) is 5.02. The number of alkyl halides is 3. The van der Waals surface area contributed by atoms with Gasteiger partial charge in [-0.1, -0.05) is 0 Å². The van der Waals surface area contributed by atoms with Gasteiger partial charge in [0.2, 0.25) is 5.88 Å². The van der Waals surface area contributed by atoms with E-state index in [-0.39, 0.29) is 11.8 Å². The van der Waals surface area contributed by atoms with Crippen molar-refractivity contribution in [3.05, 3.63) is 22.9 Å². The summed E-state index contributed by atoms with van der Waals surface area (Å²) in [6.07, 6.45) is -2.50. The Morgan fingerprint density at radius 3 is 2.67 bits per heavy atom. The highest BCUT2D eigenvalue weighted by Gasteiger charge is 2.11. The molecule has 0 aliphatic rings. The number of halogens is 3. The third-order valence-corrected chi connectivity index (χ3v) is 2.18. The lowest BCUT2D eigenvalue weighted by atomic mass is 10.1. The van der Waals surface area contributed by atoms with E-state index in [0.29, 0.717) is 5.56 Å². The first-order valence-electron chi connectivity index (χ1n) is 4.48. The Kier molecular flexibility index (Phi) is 4.27. The number of nitrogens with zero attached hydrogens (tertiary/aromatic N) is 1. The Labute approximate surface area is 92.2 Å². The number of hydrogen-bond donors (Lipinski definition) is 0. The molecule has 0 atom stereocenters. The second kappa shape index (κ2) is 5.26. The van der Waals surface area contributed by atoms with Gasteiger partial charge in [-0.3, -0.25) is 0 Å². The van der Waals surface area contributed by atoms with Crippen molar-refractivity contribution in [2.75, 3.05) is 6.61 Å². The Bertz CT molecular complexity index is 344. The van der Waals surface area contributed by atoms with Crippen LogP contribution in [-0.4, -0.2) is 18.0 Å². The van der Waals surface area contributed by atoms with E-state index in [1.54, 1.807) is 6.92 Å². The van der Waals surface area contributed by atoms with Crippen LogP contribution in [0.5, 0.6) is 5.88 Å². The zero-order valence-electron chi connectivity index (χ0n) is 8.56. The maximum atomic E-state index is 12.0. The largest absolute Gasteiger partial charge is 0.471 e. The smallest absolute Gasteiger partial charge is 0.272 e. The molecule has 1 rings (SSSR count). The predicted octanol–water partition coefficient (Wildman–Crippen LogP) is 3.08. The van der Waals surface area contributed by atoms with Gasteiger partial charge in [0.15, 0.2) is 6.61 Å². The van der Waals surface area contributed by atoms with Crippen LogP contribution in [0.3, 0.4) is 0 Å². The van der Waals surface area contributed by atoms with Crippen molar-refractivity contribution in [2.24, 2.45) is 0 Å². The number of ether oxygens (including phenoxy) is 1. The Balaban J connectivity index is 2.93. The molecule has 0 saturated heterocycles. The molecule has 15 heavy (non-hydrogen) atoms. The summed E-state index contributed by atoms with van der Waals surface area (Å²) >= 11 is 5.70. The highest BCUT2D eigenvalue weighted by molar-refractivity contribution is 6.17. The molecule has 2 nitrogen and oxygen atoms in total. The van der Waals surface area contributed by atoms with E-state index < -0.39 is 13.0 Å². The van der Waals surface area contributed by atoms with E-state index in [1.807, 2.05) is 13.0 Å². The maximum absolute atomic E-state index is 12.0. The number of aryl methyl sites for hydroxylation is 2. The SMILES string of the molecule is Cc1cc(C)c(CCl)c(OCC(F)F)n1. The van der Waals surface area contributed by atoms with Gasteiger partial charge in [0.25, 0.3) is 6.43 Å². The lowest BCUT2D eigenvalue weighted by Gasteiger charge is -2.11. The molecule has 0 amide bonds. The van der Waals surface area contributed by atoms with Crippen LogP contribution < -0.4 is 4.74 Å². The average molecular weight is 236 g/mol. The highest BCUT2D eigenvalue weighted by atomic mass is 35.5. The second-order valence-electron chi connectivity index (χ2n) is 3.20. The number of aromatic nitrogens is 1. The van der Waals surface area contributed by atoms with Crippen LogP contribution >= 0.6 is 11.6 Å². The van der Waals surface area contributed by atoms with E-state index in [1.165, 1.54) is 0 Å². The van der Waals surface area contributed by atoms with Crippen molar-refractivity contribution >= 4 is 11.6 Å². The van der Waals surface area contributed by atoms with Crippen molar-refractivity contribution in [3.63, 3.8) is 0 Å². The van der Waals surface area contributed by atoms with Crippen molar-refractivity contribution in [2.45, 2.75) is 26.2 Å². The minimum absolute atomic E-state index is 0.206. The van der Waals surface area contributed by atoms with E-state index in [0.717, 1.165) is 11.3 Å². The van der Waals surface area contributed by atoms with Gasteiger partial charge in [-0.25, -0.2) is 13.8 Å². The van der Waals surface area contributed by atoms with Crippen LogP contribution in [0.4, 0.5) is 8.78 Å². The Morgan fingerprint density at radius 2 is 2.13 bits per heavy atom. The van der Waals surface area contributed by atoms with E-state index >= 15 is 0 Å². The molecule has 0 N–H and O–H groups in total. The van der Waals surface area contributed by atoms with Crippen molar-refractivity contribution in [3.8, 4) is 5.88 Å². The van der Waals surface area contributed by atoms with Crippen LogP contribution in [0.25, 0.3) is 0 Å². The summed E-state index contributed by atoms with van der Waals surface area (Å²) in [5, 5.41) is 0. The molecule has 1 aromatic rings. The van der Waals surface area contributed by atoms with Crippen molar-refractivity contribution in [1.29, 1.82) is 0 Å². The zero-order chi connectivity index (χ0) is 11.4. The van der Waals surface area contributed by atoms with Crippen LogP contribution in [0.1, 0.15) is 16.8 Å². The fraction of sp³-hybridized carbons (Fsp3) is 0.500. The summed E-state index contributed by atoms with van der Waals surface area (Å²) in [7, 11) is 0. The summed E-state index contributed by atoms with van der Waals surface area (Å²) < 4.78 is 28.8. The molecule has 0 aliphatic carbocycles. The van der Waals surface area contributed by atoms with Crippen LogP contribution in [0.2, 0.25) is 0 Å². The summed E-state index contributed by atoms with van der Waals surface area (Å²) in [5.41, 5.74) is 2.30. The van der Waals surface area contributed by atoms with Gasteiger partial charge in [0.1, 0.15) is 0 Å². The molecule has 1 aromatic heterocycles. The Morgan fingerprint density at radius 1 is 1.47 bits per heavy atom. The van der Waals surface area contributed by atoms with Gasteiger partial charge in [-0.2, -0.15) is 0 Å². The fourth-order valence-corrected chi connectivity index (χ4v) is 1.58. The lowest BCUT2D eigenvalue weighted by molar-refractivity contribution is 0.0790. The fourth-order valence-electron chi connectivity index (χ4n) is 1.25. The van der Waals surface area contributed by atoms with Crippen molar-refractivity contribution in [1.82, 2.24) is 4.98 Å². The van der Waals surface area contributed by atoms with Gasteiger partial charge in [0.05, 0.1) is 5.88 Å². The molecular formula is C10H12ClF2NO. The minimum atomic E-state index is -2.50. The molecule has 0 fully saturated rings. The van der Waals surface area contributed by atoms with Gasteiger partial charge in [-0.05, 0) is 25.5 Å². The lowest BCUT2D eigenvalue weighted by Crippen LogP contribution is -2.10. The van der Waals surface area contributed by atoms with E-state index in [4.69, 9.17) is 16.3 Å². The molecule has 84 valence electrons. The van der Waals surface area contributed by atoms with Crippen LogP contribution in [0, 0.1) is 13.8 Å². The van der Waals surface area contributed by atoms with Gasteiger partial charge in [-0.15, -0.1) is 11.6 Å². The standard InChI is InChI=1S/C10H12ClF2NO/c1-6-3-7(2)14-10(8(6)4-11)15-5-9(12)13/h3,9H,4-5H2,1-2H3. The topological polar surface area (TPSA) is 22.1 Å². The molecule has 0 saturated carbocycles. The van der Waals surface area contributed by atoms with Crippen LogP contribution in [-0.2, 0) is 5.88 Å². The highest BCUT2D eigenvalue weighted by Crippen LogP contribution is 2.23. The Hall–Kier alpha value is -0.900. The van der Waals surface area contributed by atoms with Crippen molar-refractivity contribution < 1.29 is 13.5 Å². The van der Waals surface area contributed by atoms with Crippen LogP contribution in [0.15, 0.2) is 6.07 Å². The molecule has 0 radical (unpaired) electrons. The first kappa shape index (κ1) is 12.2. The quantitative estimate of drug-likeness (QED) is 0.749. The molecule has 0 bridgehead atoms. The number of hydrogen-bond acceptors (Lipinski definition) is 2. The van der Waals surface area contributed by atoms with Gasteiger partial charge >= 0.3 is 0 Å². The molecule has 5 heteroatoms. The molecule has 0 spiro atoms. The monoisotopic (exact) mass is 235 g/mol. The summed E-state index contributed by atoms with van der Waals surface area (Å²) in [6, 6.07) is 1.84. The average Bonchev–Trinajstić information content (AvgIpc) is 2.13. The van der Waals surface area contributed by atoms with E-state index in [9.17, 15) is 8.78 Å². The summed E-state index contributed by atoms with van der Waals surface area (Å²) in [4.78, 5) is 4.04. The molecule has 0 aromatic carbocycles. The van der Waals surface area contributed by atoms with Gasteiger partial charge in [0, 0.05) is 11.3 Å². The third-order valence-electron chi connectivity index (χ3n) is 1.92. The zero-order valence-corrected chi connectivity index (χ0v) is 9.31. The summed E-state index contributed by atoms with van der Waals surface area (Å²) in [5.74, 6) is 0.417. The normalized spacial score (nSPS) is 10.8. The predicted molar refractivity (Wildman–Crippen MR) is 54.8 cm³/mol. The molecular weight excluding hydrogens is 224 g/mol. The number of pyridine rings is 1. The molecule has 0 unspecified atom stereocenters. The van der Waals surface area contributed by atoms with Gasteiger partial charge < -0.3 is 4.74 Å². The third kappa shape index (κ3) is 3.30. The number of rotatable bonds is 4. The minimum Gasteiger partial charge on any atom is -0.471 e. The first-order chi connectivity index (χ1) is 7.04. The summed E-state index contributed by atoms with van der Waals surface area (Å²) in [6.45, 7) is 2.97. The molecule has 0 aliphatic heterocycles. The maximum Gasteiger partial charge on any atom is 0.272 e. The van der Waals surface area contributed by atoms with E-state index in [2.05, 4.69) is 4.98 Å². The molecule has 1 heterocycles.